The Morgan fingerprint density at radius 3 is 1.05 bits per heavy atom. The monoisotopic (exact) mass is 987 g/mol. The second-order valence-electron chi connectivity index (χ2n) is 22.0. The van der Waals surface area contributed by atoms with Crippen molar-refractivity contribution in [2.75, 3.05) is 0 Å². The van der Waals surface area contributed by atoms with Crippen LogP contribution in [0.3, 0.4) is 0 Å². The summed E-state index contributed by atoms with van der Waals surface area (Å²) in [5, 5.41) is 0. The first-order valence-corrected chi connectivity index (χ1v) is 26.8. The molecule has 0 heterocycles. The zero-order valence-corrected chi connectivity index (χ0v) is 45.7. The summed E-state index contributed by atoms with van der Waals surface area (Å²) in [6.45, 7) is 23.0. The molecule has 0 N–H and O–H groups in total. The molecule has 0 aliphatic heterocycles. The van der Waals surface area contributed by atoms with Gasteiger partial charge in [0.2, 0.25) is 0 Å². The Morgan fingerprint density at radius 2 is 0.613 bits per heavy atom. The van der Waals surface area contributed by atoms with Crippen LogP contribution in [0.15, 0.2) is 152 Å². The Kier molecular flexibility index (Phi) is 15.2. The summed E-state index contributed by atoms with van der Waals surface area (Å²) in [4.78, 5) is 48.4. The third-order valence-corrected chi connectivity index (χ3v) is 16.1. The zero-order chi connectivity index (χ0) is 53.4. The van der Waals surface area contributed by atoms with Crippen molar-refractivity contribution in [3.05, 3.63) is 235 Å². The number of ketones is 4. The molecule has 0 fully saturated rings. The van der Waals surface area contributed by atoms with Crippen LogP contribution in [-0.2, 0) is 25.7 Å². The van der Waals surface area contributed by atoms with Crippen LogP contribution in [-0.4, -0.2) is 23.1 Å². The average molecular weight is 987 g/mol. The molecule has 4 nitrogen and oxygen atoms in total. The maximum Gasteiger partial charge on any atom is 0.166 e. The predicted molar refractivity (Wildman–Crippen MR) is 309 cm³/mol. The van der Waals surface area contributed by atoms with Crippen molar-refractivity contribution in [3.8, 4) is 44.5 Å². The molecule has 4 aliphatic rings. The molecule has 4 atom stereocenters. The van der Waals surface area contributed by atoms with E-state index in [2.05, 4.69) is 152 Å². The molecule has 0 bridgehead atoms. The first kappa shape index (κ1) is 52.3. The summed E-state index contributed by atoms with van der Waals surface area (Å²) in [5.74, 6) is 1.68. The number of rotatable bonds is 4. The lowest BCUT2D eigenvalue weighted by atomic mass is 9.92. The highest BCUT2D eigenvalue weighted by Crippen LogP contribution is 2.40. The summed E-state index contributed by atoms with van der Waals surface area (Å²) < 4.78 is 0. The number of benzene rings is 8. The molecule has 12 rings (SSSR count). The Hall–Kier alpha value is -7.56. The van der Waals surface area contributed by atoms with Crippen LogP contribution in [0.4, 0.5) is 0 Å². The van der Waals surface area contributed by atoms with Crippen molar-refractivity contribution in [2.24, 2.45) is 23.7 Å². The Bertz CT molecular complexity index is 3550. The molecule has 0 spiro atoms. The highest BCUT2D eigenvalue weighted by molar-refractivity contribution is 6.06. The van der Waals surface area contributed by atoms with Crippen LogP contribution >= 0.6 is 0 Å². The third kappa shape index (κ3) is 10.5. The molecule has 4 aliphatic carbocycles. The van der Waals surface area contributed by atoms with Crippen LogP contribution in [0, 0.1) is 72.1 Å². The number of Topliss-reactive ketones (excluding diaryl/α,β-unsaturated/α-hetero) is 4. The first-order chi connectivity index (χ1) is 35.9. The fraction of sp³-hybridized carbons (Fsp3) is 0.268. The van der Waals surface area contributed by atoms with Crippen molar-refractivity contribution in [3.63, 3.8) is 0 Å². The van der Waals surface area contributed by atoms with Crippen molar-refractivity contribution in [2.45, 2.75) is 102 Å². The van der Waals surface area contributed by atoms with E-state index in [0.717, 1.165) is 47.9 Å². The van der Waals surface area contributed by atoms with E-state index >= 15 is 0 Å². The molecule has 378 valence electrons. The van der Waals surface area contributed by atoms with E-state index < -0.39 is 0 Å². The number of hydrogen-bond donors (Lipinski definition) is 0. The molecule has 0 saturated heterocycles. The minimum Gasteiger partial charge on any atom is -0.294 e. The molecular formula is C71H70O4. The molecule has 8 aromatic rings. The van der Waals surface area contributed by atoms with Gasteiger partial charge < -0.3 is 0 Å². The number of carbonyl (C=O) groups excluding carboxylic acids is 4. The number of carbonyl (C=O) groups is 4. The van der Waals surface area contributed by atoms with E-state index in [1.165, 1.54) is 106 Å². The minimum atomic E-state index is 0.126. The minimum absolute atomic E-state index is 0.126. The predicted octanol–water partition coefficient (Wildman–Crippen LogP) is 17.1. The van der Waals surface area contributed by atoms with Gasteiger partial charge in [-0.1, -0.05) is 196 Å². The Balaban J connectivity index is 0.000000122. The van der Waals surface area contributed by atoms with Gasteiger partial charge in [0.25, 0.3) is 0 Å². The van der Waals surface area contributed by atoms with Crippen LogP contribution in [0.1, 0.15) is 130 Å². The zero-order valence-electron chi connectivity index (χ0n) is 45.7. The number of hydrogen-bond acceptors (Lipinski definition) is 4. The summed E-state index contributed by atoms with van der Waals surface area (Å²) in [6.07, 6.45) is 3.49. The fourth-order valence-electron chi connectivity index (χ4n) is 12.0. The van der Waals surface area contributed by atoms with E-state index in [1.54, 1.807) is 0 Å². The maximum absolute atomic E-state index is 12.1. The summed E-state index contributed by atoms with van der Waals surface area (Å²) >= 11 is 0. The lowest BCUT2D eigenvalue weighted by Gasteiger charge is -2.12. The van der Waals surface area contributed by atoms with E-state index in [0.29, 0.717) is 23.1 Å². The van der Waals surface area contributed by atoms with Gasteiger partial charge >= 0.3 is 0 Å². The summed E-state index contributed by atoms with van der Waals surface area (Å²) in [6, 6.07) is 52.3. The van der Waals surface area contributed by atoms with Gasteiger partial charge in [-0.25, -0.2) is 0 Å². The topological polar surface area (TPSA) is 68.3 Å². The molecule has 0 aromatic heterocycles. The van der Waals surface area contributed by atoms with Crippen molar-refractivity contribution < 1.29 is 19.2 Å². The van der Waals surface area contributed by atoms with E-state index in [1.807, 2.05) is 76.2 Å². The molecule has 0 amide bonds. The smallest absolute Gasteiger partial charge is 0.166 e. The first-order valence-electron chi connectivity index (χ1n) is 26.8. The van der Waals surface area contributed by atoms with Crippen molar-refractivity contribution >= 4 is 23.1 Å². The molecule has 75 heavy (non-hydrogen) atoms. The molecule has 4 unspecified atom stereocenters. The Labute approximate surface area is 445 Å². The second-order valence-corrected chi connectivity index (χ2v) is 22.0. The quantitative estimate of drug-likeness (QED) is 0.176. The molecule has 8 aromatic carbocycles. The van der Waals surface area contributed by atoms with E-state index in [9.17, 15) is 19.2 Å². The van der Waals surface area contributed by atoms with Gasteiger partial charge in [-0.3, -0.25) is 19.2 Å². The van der Waals surface area contributed by atoms with E-state index in [4.69, 9.17) is 0 Å². The van der Waals surface area contributed by atoms with Gasteiger partial charge in [-0.05, 0) is 163 Å². The van der Waals surface area contributed by atoms with Crippen molar-refractivity contribution in [1.29, 1.82) is 0 Å². The maximum atomic E-state index is 12.1. The van der Waals surface area contributed by atoms with Crippen LogP contribution in [0.2, 0.25) is 0 Å². The second kappa shape index (κ2) is 21.7. The third-order valence-electron chi connectivity index (χ3n) is 16.1. The standard InChI is InChI=1S/3C18H18O.C17H16O/c1-11-6-4-7-14(13(11)3)15-8-5-9-16-17(15)10-12(2)18(16)19;1-11-7-12(2)9-14(8-11)15-5-4-6-16-17(15)10-13(3)18(16)19;1-11-7-8-14(12(2)9-11)15-5-4-6-16-17(15)10-13(3)18(16)19;1-11-6-3-4-7-13(11)14-8-5-9-15-16(14)10-12(2)17(15)18/h4-9,12H,10H2,1-3H3;2*4-9,13H,10H2,1-3H3;3-9,12H,10H2,1-2H3. The van der Waals surface area contributed by atoms with Gasteiger partial charge in [-0.15, -0.1) is 0 Å². The lowest BCUT2D eigenvalue weighted by Crippen LogP contribution is -2.02. The Morgan fingerprint density at radius 1 is 0.280 bits per heavy atom. The highest BCUT2D eigenvalue weighted by Gasteiger charge is 2.32. The normalized spacial score (nSPS) is 17.7. The number of aryl methyl sites for hydroxylation is 6. The summed E-state index contributed by atoms with van der Waals surface area (Å²) in [5.41, 5.74) is 27.5. The van der Waals surface area contributed by atoms with Crippen molar-refractivity contribution in [1.82, 2.24) is 0 Å². The molecule has 4 heteroatoms. The van der Waals surface area contributed by atoms with Gasteiger partial charge in [0, 0.05) is 45.9 Å². The van der Waals surface area contributed by atoms with Crippen LogP contribution in [0.25, 0.3) is 44.5 Å². The van der Waals surface area contributed by atoms with Gasteiger partial charge in [0.05, 0.1) is 0 Å². The van der Waals surface area contributed by atoms with Crippen LogP contribution in [0.5, 0.6) is 0 Å². The van der Waals surface area contributed by atoms with E-state index in [-0.39, 0.29) is 23.7 Å². The average Bonchev–Trinajstić information content (AvgIpc) is 4.07. The fourth-order valence-corrected chi connectivity index (χ4v) is 12.0. The molecular weight excluding hydrogens is 917 g/mol. The van der Waals surface area contributed by atoms with Gasteiger partial charge in [-0.2, -0.15) is 0 Å². The lowest BCUT2D eigenvalue weighted by molar-refractivity contribution is 0.0939. The molecule has 0 radical (unpaired) electrons. The largest absolute Gasteiger partial charge is 0.294 e. The highest BCUT2D eigenvalue weighted by atomic mass is 16.1. The van der Waals surface area contributed by atoms with Gasteiger partial charge in [0.1, 0.15) is 0 Å². The number of fused-ring (bicyclic) bond motifs is 4. The van der Waals surface area contributed by atoms with Gasteiger partial charge in [0.15, 0.2) is 23.1 Å². The summed E-state index contributed by atoms with van der Waals surface area (Å²) in [7, 11) is 0. The molecule has 0 saturated carbocycles. The SMILES string of the molecule is Cc1cc(C)cc(-c2cccc3c2CC(C)C3=O)c1.Cc1ccc(-c2cccc3c2CC(C)C3=O)c(C)c1.Cc1cccc(-c2cccc3c2CC(C)C3=O)c1C.Cc1ccccc1-c1cccc2c1CC(C)C2=O. The van der Waals surface area contributed by atoms with Crippen LogP contribution < -0.4 is 0 Å².